The largest absolute Gasteiger partial charge is 0.508 e. The average Bonchev–Trinajstić information content (AvgIpc) is 2.37. The van der Waals surface area contributed by atoms with E-state index in [0.717, 1.165) is 4.90 Å². The van der Waals surface area contributed by atoms with Crippen molar-refractivity contribution in [2.75, 3.05) is 19.3 Å². The number of phenols is 1. The molecule has 1 aromatic carbocycles. The van der Waals surface area contributed by atoms with E-state index in [4.69, 9.17) is 10.2 Å². The molecule has 0 radical (unpaired) electrons. The van der Waals surface area contributed by atoms with E-state index in [9.17, 15) is 9.59 Å². The molecule has 0 saturated heterocycles. The number of aliphatic carboxylic acids is 1. The van der Waals surface area contributed by atoms with Gasteiger partial charge in [-0.3, -0.25) is 9.59 Å². The van der Waals surface area contributed by atoms with Crippen LogP contribution in [0.25, 0.3) is 0 Å². The van der Waals surface area contributed by atoms with E-state index in [2.05, 4.69) is 0 Å². The van der Waals surface area contributed by atoms with E-state index in [1.54, 1.807) is 38.2 Å². The summed E-state index contributed by atoms with van der Waals surface area (Å²) in [6.45, 7) is 1.77. The normalized spacial score (nSPS) is 11.9. The summed E-state index contributed by atoms with van der Waals surface area (Å²) in [6, 6.07) is 6.58. The number of hydrogen-bond donors (Lipinski definition) is 2. The van der Waals surface area contributed by atoms with Gasteiger partial charge in [0.1, 0.15) is 5.75 Å². The number of hydrogen-bond acceptors (Lipinski definition) is 4. The first kappa shape index (κ1) is 15.4. The lowest BCUT2D eigenvalue weighted by atomic mass is 10.2. The molecule has 0 saturated carbocycles. The van der Waals surface area contributed by atoms with E-state index >= 15 is 0 Å². The van der Waals surface area contributed by atoms with Crippen molar-refractivity contribution in [3.63, 3.8) is 0 Å². The van der Waals surface area contributed by atoms with Crippen LogP contribution in [-0.4, -0.2) is 46.3 Å². The highest BCUT2D eigenvalue weighted by Crippen LogP contribution is 2.20. The second-order valence-electron chi connectivity index (χ2n) is 4.30. The molecule has 2 N–H and O–H groups in total. The van der Waals surface area contributed by atoms with Crippen molar-refractivity contribution in [1.82, 2.24) is 4.90 Å². The Labute approximate surface area is 116 Å². The highest BCUT2D eigenvalue weighted by Gasteiger charge is 2.17. The van der Waals surface area contributed by atoms with Gasteiger partial charge in [0.2, 0.25) is 5.91 Å². The summed E-state index contributed by atoms with van der Waals surface area (Å²) in [6.07, 6.45) is 0. The molecular formula is C13H17NO4S. The van der Waals surface area contributed by atoms with Gasteiger partial charge in [-0.25, -0.2) is 0 Å². The molecule has 0 aliphatic rings. The van der Waals surface area contributed by atoms with Gasteiger partial charge in [-0.05, 0) is 24.3 Å². The number of carboxylic acid groups (broad SMARTS) is 1. The summed E-state index contributed by atoms with van der Waals surface area (Å²) >= 11 is 1.35. The summed E-state index contributed by atoms with van der Waals surface area (Å²) in [5.74, 6) is -1.18. The molecule has 6 heteroatoms. The van der Waals surface area contributed by atoms with Crippen molar-refractivity contribution in [3.05, 3.63) is 24.3 Å². The number of carbonyl (C=O) groups excluding carboxylic acids is 1. The number of benzene rings is 1. The van der Waals surface area contributed by atoms with Crippen LogP contribution in [0.5, 0.6) is 5.75 Å². The zero-order valence-electron chi connectivity index (χ0n) is 10.9. The Morgan fingerprint density at radius 3 is 2.42 bits per heavy atom. The summed E-state index contributed by atoms with van der Waals surface area (Å²) in [5.41, 5.74) is 0. The van der Waals surface area contributed by atoms with Gasteiger partial charge >= 0.3 is 5.97 Å². The molecule has 5 nitrogen and oxygen atoms in total. The Bertz CT molecular complexity index is 446. The molecule has 1 amide bonds. The van der Waals surface area contributed by atoms with Crippen LogP contribution in [0.4, 0.5) is 0 Å². The van der Waals surface area contributed by atoms with Gasteiger partial charge in [-0.1, -0.05) is 6.92 Å². The minimum Gasteiger partial charge on any atom is -0.508 e. The minimum atomic E-state index is -0.911. The number of phenolic OH excluding ortho intramolecular Hbond substituents is 1. The molecule has 0 spiro atoms. The van der Waals surface area contributed by atoms with Crippen molar-refractivity contribution >= 4 is 23.6 Å². The van der Waals surface area contributed by atoms with Crippen LogP contribution < -0.4 is 0 Å². The fourth-order valence-corrected chi connectivity index (χ4v) is 2.23. The number of rotatable bonds is 6. The maximum Gasteiger partial charge on any atom is 0.308 e. The zero-order valence-corrected chi connectivity index (χ0v) is 11.7. The van der Waals surface area contributed by atoms with Gasteiger partial charge < -0.3 is 15.1 Å². The second kappa shape index (κ2) is 7.04. The lowest BCUT2D eigenvalue weighted by molar-refractivity contribution is -0.142. The number of aromatic hydroxyl groups is 1. The quantitative estimate of drug-likeness (QED) is 0.776. The molecular weight excluding hydrogens is 266 g/mol. The number of nitrogens with zero attached hydrogens (tertiary/aromatic N) is 1. The molecule has 0 heterocycles. The van der Waals surface area contributed by atoms with Crippen LogP contribution in [0.15, 0.2) is 29.2 Å². The number of thioether (sulfide) groups is 1. The summed E-state index contributed by atoms with van der Waals surface area (Å²) in [7, 11) is 1.60. The standard InChI is InChI=1S/C13H17NO4S/c1-9(13(17)18)7-14(2)12(16)8-19-11-5-3-10(15)4-6-11/h3-6,9,15H,7-8H2,1-2H3,(H,17,18). The van der Waals surface area contributed by atoms with E-state index in [1.165, 1.54) is 16.7 Å². The molecule has 1 rings (SSSR count). The molecule has 0 bridgehead atoms. The van der Waals surface area contributed by atoms with Crippen molar-refractivity contribution in [3.8, 4) is 5.75 Å². The fourth-order valence-electron chi connectivity index (χ4n) is 1.39. The number of carboxylic acids is 1. The van der Waals surface area contributed by atoms with Gasteiger partial charge in [0.15, 0.2) is 0 Å². The third kappa shape index (κ3) is 5.21. The van der Waals surface area contributed by atoms with Crippen molar-refractivity contribution in [2.45, 2.75) is 11.8 Å². The Morgan fingerprint density at radius 1 is 1.32 bits per heavy atom. The SMILES string of the molecule is CC(CN(C)C(=O)CSc1ccc(O)cc1)C(=O)O. The Morgan fingerprint density at radius 2 is 1.89 bits per heavy atom. The van der Waals surface area contributed by atoms with Crippen molar-refractivity contribution in [2.24, 2.45) is 5.92 Å². The molecule has 1 unspecified atom stereocenters. The van der Waals surface area contributed by atoms with E-state index in [0.29, 0.717) is 0 Å². The molecule has 19 heavy (non-hydrogen) atoms. The van der Waals surface area contributed by atoms with Gasteiger partial charge in [-0.2, -0.15) is 0 Å². The van der Waals surface area contributed by atoms with Crippen molar-refractivity contribution < 1.29 is 19.8 Å². The Balaban J connectivity index is 2.42. The predicted octanol–water partition coefficient (Wildman–Crippen LogP) is 1.66. The molecule has 0 aromatic heterocycles. The predicted molar refractivity (Wildman–Crippen MR) is 73.3 cm³/mol. The van der Waals surface area contributed by atoms with Crippen molar-refractivity contribution in [1.29, 1.82) is 0 Å². The van der Waals surface area contributed by atoms with Gasteiger partial charge in [-0.15, -0.1) is 11.8 Å². The minimum absolute atomic E-state index is 0.119. The monoisotopic (exact) mass is 283 g/mol. The Kier molecular flexibility index (Phi) is 5.69. The summed E-state index contributed by atoms with van der Waals surface area (Å²) in [5, 5.41) is 17.9. The van der Waals surface area contributed by atoms with Crippen LogP contribution in [0.3, 0.4) is 0 Å². The molecule has 0 fully saturated rings. The molecule has 0 aliphatic carbocycles. The number of amides is 1. The van der Waals surface area contributed by atoms with E-state index in [-0.39, 0.29) is 24.0 Å². The highest BCUT2D eigenvalue weighted by molar-refractivity contribution is 8.00. The molecule has 1 atom stereocenters. The molecule has 1 aromatic rings. The summed E-state index contributed by atoms with van der Waals surface area (Å²) in [4.78, 5) is 24.8. The first-order valence-electron chi connectivity index (χ1n) is 5.78. The maximum absolute atomic E-state index is 11.8. The molecule has 104 valence electrons. The van der Waals surface area contributed by atoms with Gasteiger partial charge in [0, 0.05) is 18.5 Å². The van der Waals surface area contributed by atoms with E-state index < -0.39 is 11.9 Å². The van der Waals surface area contributed by atoms with E-state index in [1.807, 2.05) is 0 Å². The van der Waals surface area contributed by atoms with Crippen LogP contribution in [0.1, 0.15) is 6.92 Å². The van der Waals surface area contributed by atoms with Crippen LogP contribution in [0, 0.1) is 5.92 Å². The van der Waals surface area contributed by atoms with Gasteiger partial charge in [0.25, 0.3) is 0 Å². The highest BCUT2D eigenvalue weighted by atomic mass is 32.2. The number of carbonyl (C=O) groups is 2. The molecule has 0 aliphatic heterocycles. The second-order valence-corrected chi connectivity index (χ2v) is 5.34. The Hall–Kier alpha value is -1.69. The third-order valence-electron chi connectivity index (χ3n) is 2.59. The fraction of sp³-hybridized carbons (Fsp3) is 0.385. The third-order valence-corrected chi connectivity index (χ3v) is 3.59. The summed E-state index contributed by atoms with van der Waals surface area (Å²) < 4.78 is 0. The first-order chi connectivity index (χ1) is 8.90. The van der Waals surface area contributed by atoms with Crippen LogP contribution >= 0.6 is 11.8 Å². The van der Waals surface area contributed by atoms with Crippen LogP contribution in [0.2, 0.25) is 0 Å². The lowest BCUT2D eigenvalue weighted by Gasteiger charge is -2.19. The maximum atomic E-state index is 11.8. The average molecular weight is 283 g/mol. The zero-order chi connectivity index (χ0) is 14.4. The van der Waals surface area contributed by atoms with Gasteiger partial charge in [0.05, 0.1) is 11.7 Å². The smallest absolute Gasteiger partial charge is 0.308 e. The lowest BCUT2D eigenvalue weighted by Crippen LogP contribution is -2.34. The first-order valence-corrected chi connectivity index (χ1v) is 6.77. The van der Waals surface area contributed by atoms with Crippen LogP contribution in [-0.2, 0) is 9.59 Å². The topological polar surface area (TPSA) is 77.8 Å².